The van der Waals surface area contributed by atoms with Gasteiger partial charge >= 0.3 is 0 Å². The van der Waals surface area contributed by atoms with E-state index >= 15 is 0 Å². The molecule has 1 aliphatic carbocycles. The van der Waals surface area contributed by atoms with Crippen molar-refractivity contribution in [3.63, 3.8) is 0 Å². The maximum Gasteiger partial charge on any atom is 0.227 e. The molecule has 98 valence electrons. The van der Waals surface area contributed by atoms with Crippen LogP contribution in [0.5, 0.6) is 0 Å². The highest BCUT2D eigenvalue weighted by Gasteiger charge is 2.27. The molecule has 1 aliphatic rings. The third kappa shape index (κ3) is 3.29. The van der Waals surface area contributed by atoms with E-state index in [9.17, 15) is 4.79 Å². The van der Waals surface area contributed by atoms with Gasteiger partial charge in [0.05, 0.1) is 0 Å². The molecule has 0 radical (unpaired) electrons. The maximum absolute atomic E-state index is 12.1. The number of hydrogen-bond acceptors (Lipinski definition) is 3. The van der Waals surface area contributed by atoms with Gasteiger partial charge in [-0.3, -0.25) is 9.78 Å². The molecule has 1 fully saturated rings. The van der Waals surface area contributed by atoms with E-state index in [-0.39, 0.29) is 17.9 Å². The van der Waals surface area contributed by atoms with Gasteiger partial charge in [-0.25, -0.2) is 0 Å². The van der Waals surface area contributed by atoms with Crippen LogP contribution in [0.1, 0.15) is 32.6 Å². The first-order valence-corrected chi connectivity index (χ1v) is 6.63. The number of nitrogens with one attached hydrogen (secondary N) is 1. The van der Waals surface area contributed by atoms with Crippen LogP contribution in [-0.2, 0) is 4.79 Å². The van der Waals surface area contributed by atoms with Crippen molar-refractivity contribution >= 4 is 11.6 Å². The van der Waals surface area contributed by atoms with Crippen molar-refractivity contribution in [2.24, 2.45) is 17.6 Å². The molecule has 18 heavy (non-hydrogen) atoms. The van der Waals surface area contributed by atoms with Gasteiger partial charge in [0.25, 0.3) is 0 Å². The number of anilines is 1. The number of hydrogen-bond donors (Lipinski definition) is 2. The van der Waals surface area contributed by atoms with Crippen LogP contribution in [0.4, 0.5) is 5.69 Å². The molecule has 1 heterocycles. The Bertz CT molecular complexity index is 383. The Balaban J connectivity index is 1.85. The predicted octanol–water partition coefficient (Wildman–Crippen LogP) is 2.17. The normalized spacial score (nSPS) is 25.4. The van der Waals surface area contributed by atoms with Gasteiger partial charge < -0.3 is 11.1 Å². The second-order valence-electron chi connectivity index (χ2n) is 5.20. The molecule has 0 bridgehead atoms. The summed E-state index contributed by atoms with van der Waals surface area (Å²) in [7, 11) is 0. The van der Waals surface area contributed by atoms with Crippen molar-refractivity contribution < 1.29 is 4.79 Å². The minimum Gasteiger partial charge on any atom is -0.328 e. The van der Waals surface area contributed by atoms with Crippen LogP contribution in [0, 0.1) is 11.8 Å². The molecule has 4 nitrogen and oxygen atoms in total. The van der Waals surface area contributed by atoms with Crippen LogP contribution in [0.3, 0.4) is 0 Å². The van der Waals surface area contributed by atoms with Gasteiger partial charge in [-0.2, -0.15) is 0 Å². The molecule has 1 saturated carbocycles. The van der Waals surface area contributed by atoms with Gasteiger partial charge in [0.2, 0.25) is 5.91 Å². The van der Waals surface area contributed by atoms with Crippen LogP contribution in [-0.4, -0.2) is 16.9 Å². The standard InChI is InChI=1S/C14H21N3O/c1-10(15)11-2-4-12(5-3-11)14(18)17-13-6-8-16-9-7-13/h6-12H,2-5,15H2,1H3,(H,16,17,18)/t10-,11?,12?/m1/s1. The fourth-order valence-electron chi connectivity index (χ4n) is 2.59. The first-order valence-electron chi connectivity index (χ1n) is 6.63. The summed E-state index contributed by atoms with van der Waals surface area (Å²) >= 11 is 0. The number of rotatable bonds is 3. The summed E-state index contributed by atoms with van der Waals surface area (Å²) in [6, 6.07) is 3.87. The number of carbonyl (C=O) groups excluding carboxylic acids is 1. The lowest BCUT2D eigenvalue weighted by molar-refractivity contribution is -0.121. The van der Waals surface area contributed by atoms with Crippen LogP contribution in [0.2, 0.25) is 0 Å². The zero-order valence-corrected chi connectivity index (χ0v) is 10.8. The average molecular weight is 247 g/mol. The lowest BCUT2D eigenvalue weighted by atomic mass is 9.79. The maximum atomic E-state index is 12.1. The molecule has 0 spiro atoms. The number of pyridine rings is 1. The number of aromatic nitrogens is 1. The minimum atomic E-state index is 0.129. The molecule has 4 heteroatoms. The molecule has 0 aliphatic heterocycles. The summed E-state index contributed by atoms with van der Waals surface area (Å²) in [4.78, 5) is 16.0. The van der Waals surface area contributed by atoms with E-state index in [2.05, 4.69) is 17.2 Å². The Morgan fingerprint density at radius 2 is 1.94 bits per heavy atom. The second kappa shape index (κ2) is 5.96. The van der Waals surface area contributed by atoms with E-state index in [1.54, 1.807) is 12.4 Å². The Kier molecular flexibility index (Phi) is 4.31. The quantitative estimate of drug-likeness (QED) is 0.860. The van der Waals surface area contributed by atoms with E-state index in [0.29, 0.717) is 5.92 Å². The van der Waals surface area contributed by atoms with Crippen LogP contribution < -0.4 is 11.1 Å². The molecule has 1 aromatic rings. The number of amides is 1. The van der Waals surface area contributed by atoms with Gasteiger partial charge in [0.15, 0.2) is 0 Å². The summed E-state index contributed by atoms with van der Waals surface area (Å²) in [5.74, 6) is 0.840. The number of nitrogens with zero attached hydrogens (tertiary/aromatic N) is 1. The van der Waals surface area contributed by atoms with Crippen molar-refractivity contribution in [3.05, 3.63) is 24.5 Å². The summed E-state index contributed by atoms with van der Waals surface area (Å²) in [5.41, 5.74) is 6.73. The fourth-order valence-corrected chi connectivity index (χ4v) is 2.59. The highest BCUT2D eigenvalue weighted by atomic mass is 16.1. The predicted molar refractivity (Wildman–Crippen MR) is 72.0 cm³/mol. The number of carbonyl (C=O) groups is 1. The third-order valence-electron chi connectivity index (χ3n) is 3.83. The highest BCUT2D eigenvalue weighted by Crippen LogP contribution is 2.30. The van der Waals surface area contributed by atoms with Crippen LogP contribution in [0.25, 0.3) is 0 Å². The highest BCUT2D eigenvalue weighted by molar-refractivity contribution is 5.92. The largest absolute Gasteiger partial charge is 0.328 e. The average Bonchev–Trinajstić information content (AvgIpc) is 2.40. The topological polar surface area (TPSA) is 68.0 Å². The Hall–Kier alpha value is -1.42. The first kappa shape index (κ1) is 13.0. The molecule has 3 N–H and O–H groups in total. The van der Waals surface area contributed by atoms with E-state index in [1.165, 1.54) is 0 Å². The van der Waals surface area contributed by atoms with Gasteiger partial charge in [-0.05, 0) is 50.7 Å². The van der Waals surface area contributed by atoms with E-state index < -0.39 is 0 Å². The Labute approximate surface area is 108 Å². The van der Waals surface area contributed by atoms with Crippen molar-refractivity contribution in [1.29, 1.82) is 0 Å². The lowest BCUT2D eigenvalue weighted by Crippen LogP contribution is -2.33. The molecule has 1 aromatic heterocycles. The molecular formula is C14H21N3O. The Morgan fingerprint density at radius 1 is 1.33 bits per heavy atom. The van der Waals surface area contributed by atoms with Crippen LogP contribution in [0.15, 0.2) is 24.5 Å². The van der Waals surface area contributed by atoms with Crippen molar-refractivity contribution in [2.45, 2.75) is 38.6 Å². The van der Waals surface area contributed by atoms with Crippen molar-refractivity contribution in [1.82, 2.24) is 4.98 Å². The van der Waals surface area contributed by atoms with Gasteiger partial charge in [0, 0.05) is 30.0 Å². The minimum absolute atomic E-state index is 0.129. The number of nitrogens with two attached hydrogens (primary N) is 1. The fraction of sp³-hybridized carbons (Fsp3) is 0.571. The molecule has 0 saturated heterocycles. The van der Waals surface area contributed by atoms with E-state index in [1.807, 2.05) is 12.1 Å². The second-order valence-corrected chi connectivity index (χ2v) is 5.20. The van der Waals surface area contributed by atoms with Gasteiger partial charge in [0.1, 0.15) is 0 Å². The van der Waals surface area contributed by atoms with Gasteiger partial charge in [-0.15, -0.1) is 0 Å². The molecule has 1 amide bonds. The zero-order valence-electron chi connectivity index (χ0n) is 10.8. The summed E-state index contributed by atoms with van der Waals surface area (Å²) in [5, 5.41) is 2.95. The molecule has 1 atom stereocenters. The summed E-state index contributed by atoms with van der Waals surface area (Å²) in [6.45, 7) is 2.06. The molecule has 0 unspecified atom stereocenters. The summed E-state index contributed by atoms with van der Waals surface area (Å²) in [6.07, 6.45) is 7.38. The summed E-state index contributed by atoms with van der Waals surface area (Å²) < 4.78 is 0. The van der Waals surface area contributed by atoms with Gasteiger partial charge in [-0.1, -0.05) is 0 Å². The first-order chi connectivity index (χ1) is 8.66. The monoisotopic (exact) mass is 247 g/mol. The van der Waals surface area contributed by atoms with Crippen molar-refractivity contribution in [2.75, 3.05) is 5.32 Å². The van der Waals surface area contributed by atoms with Crippen molar-refractivity contribution in [3.8, 4) is 0 Å². The molecular weight excluding hydrogens is 226 g/mol. The van der Waals surface area contributed by atoms with Crippen LogP contribution >= 0.6 is 0 Å². The van der Waals surface area contributed by atoms with E-state index in [4.69, 9.17) is 5.73 Å². The lowest BCUT2D eigenvalue weighted by Gasteiger charge is -2.29. The Morgan fingerprint density at radius 3 is 2.50 bits per heavy atom. The SMILES string of the molecule is C[C@@H](N)C1CCC(C(=O)Nc2ccncc2)CC1. The smallest absolute Gasteiger partial charge is 0.227 e. The zero-order chi connectivity index (χ0) is 13.0. The van der Waals surface area contributed by atoms with E-state index in [0.717, 1.165) is 31.4 Å². The molecule has 2 rings (SSSR count). The third-order valence-corrected chi connectivity index (χ3v) is 3.83. The molecule has 0 aromatic carbocycles.